The normalized spacial score (nSPS) is 26.4. The molecular weight excluding hydrogens is 278 g/mol. The van der Waals surface area contributed by atoms with Crippen molar-refractivity contribution in [2.45, 2.75) is 51.1 Å². The number of nitrogens with two attached hydrogens (primary N) is 1. The lowest BCUT2D eigenvalue weighted by molar-refractivity contribution is -0.141. The summed E-state index contributed by atoms with van der Waals surface area (Å²) in [4.78, 5) is 15.0. The third-order valence-corrected chi connectivity index (χ3v) is 5.11. The molecule has 6 nitrogen and oxygen atoms in total. The van der Waals surface area contributed by atoms with Crippen molar-refractivity contribution in [3.8, 4) is 0 Å². The summed E-state index contributed by atoms with van der Waals surface area (Å²) < 4.78 is 1.68. The highest BCUT2D eigenvalue weighted by Gasteiger charge is 2.38. The summed E-state index contributed by atoms with van der Waals surface area (Å²) in [5.41, 5.74) is 5.64. The first-order valence-corrected chi connectivity index (χ1v) is 8.32. The molecule has 2 saturated heterocycles. The van der Waals surface area contributed by atoms with Crippen LogP contribution in [-0.2, 0) is 10.3 Å². The minimum atomic E-state index is -0.692. The molecule has 0 aromatic carbocycles. The third kappa shape index (κ3) is 2.84. The van der Waals surface area contributed by atoms with Gasteiger partial charge < -0.3 is 16.0 Å². The molecule has 3 heterocycles. The van der Waals surface area contributed by atoms with Crippen LogP contribution in [0, 0.1) is 5.92 Å². The molecule has 3 rings (SSSR count). The molecule has 0 saturated carbocycles. The van der Waals surface area contributed by atoms with Crippen molar-refractivity contribution >= 4 is 11.6 Å². The Labute approximate surface area is 132 Å². The van der Waals surface area contributed by atoms with E-state index in [1.54, 1.807) is 17.1 Å². The van der Waals surface area contributed by atoms with Crippen molar-refractivity contribution in [1.29, 1.82) is 0 Å². The zero-order valence-electron chi connectivity index (χ0n) is 13.6. The number of hydrogen-bond donors (Lipinski definition) is 2. The van der Waals surface area contributed by atoms with E-state index in [4.69, 9.17) is 5.73 Å². The average Bonchev–Trinajstić information content (AvgIpc) is 3.18. The lowest BCUT2D eigenvalue weighted by Crippen LogP contribution is -2.52. The maximum atomic E-state index is 13.0. The molecule has 22 heavy (non-hydrogen) atoms. The number of carbonyl (C=O) groups excluding carboxylic acids is 1. The quantitative estimate of drug-likeness (QED) is 0.879. The van der Waals surface area contributed by atoms with Crippen LogP contribution in [0.1, 0.15) is 39.5 Å². The molecule has 0 radical (unpaired) electrons. The van der Waals surface area contributed by atoms with E-state index in [0.29, 0.717) is 17.6 Å². The highest BCUT2D eigenvalue weighted by molar-refractivity contribution is 5.83. The van der Waals surface area contributed by atoms with E-state index in [0.717, 1.165) is 26.1 Å². The third-order valence-electron chi connectivity index (χ3n) is 5.11. The van der Waals surface area contributed by atoms with Gasteiger partial charge in [0.15, 0.2) is 0 Å². The largest absolute Gasteiger partial charge is 0.396 e. The van der Waals surface area contributed by atoms with Crippen LogP contribution in [0.2, 0.25) is 0 Å². The van der Waals surface area contributed by atoms with E-state index in [9.17, 15) is 4.79 Å². The molecule has 1 amide bonds. The summed E-state index contributed by atoms with van der Waals surface area (Å²) in [6, 6.07) is 0.582. The summed E-state index contributed by atoms with van der Waals surface area (Å²) in [5, 5.41) is 7.82. The highest BCUT2D eigenvalue weighted by Crippen LogP contribution is 2.28. The summed E-state index contributed by atoms with van der Waals surface area (Å²) in [6.45, 7) is 6.66. The smallest absolute Gasteiger partial charge is 0.249 e. The van der Waals surface area contributed by atoms with E-state index < -0.39 is 5.54 Å². The van der Waals surface area contributed by atoms with Gasteiger partial charge in [0.1, 0.15) is 5.54 Å². The number of aromatic nitrogens is 2. The van der Waals surface area contributed by atoms with E-state index in [-0.39, 0.29) is 5.91 Å². The zero-order chi connectivity index (χ0) is 15.7. The Morgan fingerprint density at radius 1 is 1.41 bits per heavy atom. The summed E-state index contributed by atoms with van der Waals surface area (Å²) >= 11 is 0. The van der Waals surface area contributed by atoms with Crippen LogP contribution >= 0.6 is 0 Å². The Morgan fingerprint density at radius 3 is 2.86 bits per heavy atom. The van der Waals surface area contributed by atoms with Gasteiger partial charge in [-0.05, 0) is 52.0 Å². The van der Waals surface area contributed by atoms with Crippen molar-refractivity contribution in [3.63, 3.8) is 0 Å². The fourth-order valence-electron chi connectivity index (χ4n) is 3.76. The van der Waals surface area contributed by atoms with E-state index >= 15 is 0 Å². The van der Waals surface area contributed by atoms with Crippen LogP contribution < -0.4 is 11.1 Å². The van der Waals surface area contributed by atoms with Gasteiger partial charge in [0.2, 0.25) is 5.91 Å². The van der Waals surface area contributed by atoms with E-state index in [1.807, 2.05) is 18.7 Å². The molecule has 3 N–H and O–H groups in total. The monoisotopic (exact) mass is 305 g/mol. The number of amides is 1. The second kappa shape index (κ2) is 5.91. The van der Waals surface area contributed by atoms with Crippen LogP contribution in [0.4, 0.5) is 5.69 Å². The van der Waals surface area contributed by atoms with Gasteiger partial charge in [-0.2, -0.15) is 5.10 Å². The molecule has 2 fully saturated rings. The van der Waals surface area contributed by atoms with Gasteiger partial charge in [-0.1, -0.05) is 0 Å². The summed E-state index contributed by atoms with van der Waals surface area (Å²) in [6.07, 6.45) is 8.13. The minimum Gasteiger partial charge on any atom is -0.396 e. The van der Waals surface area contributed by atoms with Gasteiger partial charge >= 0.3 is 0 Å². The number of nitrogen functional groups attached to an aromatic ring is 1. The summed E-state index contributed by atoms with van der Waals surface area (Å²) in [5.74, 6) is 0.719. The van der Waals surface area contributed by atoms with E-state index in [1.165, 1.54) is 19.3 Å². The van der Waals surface area contributed by atoms with Crippen molar-refractivity contribution in [2.24, 2.45) is 5.92 Å². The molecule has 1 aromatic heterocycles. The maximum absolute atomic E-state index is 13.0. The van der Waals surface area contributed by atoms with Gasteiger partial charge in [0.05, 0.1) is 11.9 Å². The summed E-state index contributed by atoms with van der Waals surface area (Å²) in [7, 11) is 0. The number of hydrogen-bond acceptors (Lipinski definition) is 4. The zero-order valence-corrected chi connectivity index (χ0v) is 13.6. The molecule has 6 heteroatoms. The second-order valence-electron chi connectivity index (χ2n) is 7.13. The Hall–Kier alpha value is -1.56. The Balaban J connectivity index is 1.70. The average molecular weight is 305 g/mol. The van der Waals surface area contributed by atoms with E-state index in [2.05, 4.69) is 10.4 Å². The SMILES string of the molecule is CC(C)(C(=O)N1CCCC(C2CCCN2)C1)n1cc(N)cn1. The number of likely N-dealkylation sites (tertiary alicyclic amines) is 1. The molecule has 0 spiro atoms. The van der Waals surface area contributed by atoms with Crippen LogP contribution in [-0.4, -0.2) is 46.3 Å². The molecule has 2 aliphatic heterocycles. The lowest BCUT2D eigenvalue weighted by atomic mass is 9.88. The van der Waals surface area contributed by atoms with Crippen LogP contribution in [0.5, 0.6) is 0 Å². The molecule has 122 valence electrons. The Kier molecular flexibility index (Phi) is 4.12. The van der Waals surface area contributed by atoms with Gasteiger partial charge in [0, 0.05) is 25.3 Å². The molecule has 0 bridgehead atoms. The first-order valence-electron chi connectivity index (χ1n) is 8.32. The van der Waals surface area contributed by atoms with Gasteiger partial charge in [-0.25, -0.2) is 0 Å². The van der Waals surface area contributed by atoms with Crippen molar-refractivity contribution in [2.75, 3.05) is 25.4 Å². The molecule has 2 aliphatic rings. The number of rotatable bonds is 3. The molecular formula is C16H27N5O. The first-order chi connectivity index (χ1) is 10.5. The van der Waals surface area contributed by atoms with Crippen molar-refractivity contribution in [3.05, 3.63) is 12.4 Å². The van der Waals surface area contributed by atoms with Gasteiger partial charge in [-0.15, -0.1) is 0 Å². The van der Waals surface area contributed by atoms with Crippen LogP contribution in [0.15, 0.2) is 12.4 Å². The predicted molar refractivity (Wildman–Crippen MR) is 86.3 cm³/mol. The van der Waals surface area contributed by atoms with Crippen LogP contribution in [0.25, 0.3) is 0 Å². The molecule has 2 atom stereocenters. The van der Waals surface area contributed by atoms with Crippen LogP contribution in [0.3, 0.4) is 0 Å². The second-order valence-corrected chi connectivity index (χ2v) is 7.13. The van der Waals surface area contributed by atoms with Crippen molar-refractivity contribution < 1.29 is 4.79 Å². The highest BCUT2D eigenvalue weighted by atomic mass is 16.2. The number of piperidine rings is 1. The fourth-order valence-corrected chi connectivity index (χ4v) is 3.76. The first kappa shape index (κ1) is 15.3. The predicted octanol–water partition coefficient (Wildman–Crippen LogP) is 1.19. The molecule has 2 unspecified atom stereocenters. The number of nitrogens with one attached hydrogen (secondary N) is 1. The standard InChI is InChI=1S/C16H27N5O/c1-16(2,21-11-13(17)9-19-21)15(22)20-8-4-5-12(10-20)14-6-3-7-18-14/h9,11-12,14,18H,3-8,10,17H2,1-2H3. The number of carbonyl (C=O) groups is 1. The molecule has 1 aromatic rings. The van der Waals surface area contributed by atoms with Gasteiger partial charge in [0.25, 0.3) is 0 Å². The van der Waals surface area contributed by atoms with Gasteiger partial charge in [-0.3, -0.25) is 9.48 Å². The maximum Gasteiger partial charge on any atom is 0.249 e. The minimum absolute atomic E-state index is 0.137. The topological polar surface area (TPSA) is 76.2 Å². The Bertz CT molecular complexity index is 532. The fraction of sp³-hybridized carbons (Fsp3) is 0.750. The molecule has 0 aliphatic carbocycles. The lowest BCUT2D eigenvalue weighted by Gasteiger charge is -2.39. The van der Waals surface area contributed by atoms with Crippen molar-refractivity contribution in [1.82, 2.24) is 20.0 Å². The number of anilines is 1. The number of nitrogens with zero attached hydrogens (tertiary/aromatic N) is 3. The Morgan fingerprint density at radius 2 is 2.23 bits per heavy atom.